The van der Waals surface area contributed by atoms with Crippen LogP contribution in [-0.4, -0.2) is 24.9 Å². The molecule has 3 rings (SSSR count). The lowest BCUT2D eigenvalue weighted by atomic mass is 10.3. The summed E-state index contributed by atoms with van der Waals surface area (Å²) in [6.45, 7) is 0. The molecule has 0 N–H and O–H groups in total. The number of imidazole rings is 1. The molecule has 0 bridgehead atoms. The van der Waals surface area contributed by atoms with E-state index in [4.69, 9.17) is 0 Å². The zero-order valence-corrected chi connectivity index (χ0v) is 12.7. The van der Waals surface area contributed by atoms with Crippen LogP contribution in [0, 0.1) is 0 Å². The average Bonchev–Trinajstić information content (AvgIpc) is 2.83. The third kappa shape index (κ3) is 1.92. The van der Waals surface area contributed by atoms with Crippen LogP contribution in [0.4, 0.5) is 0 Å². The molecule has 0 radical (unpaired) electrons. The number of para-hydroxylation sites is 1. The van der Waals surface area contributed by atoms with E-state index in [0.717, 1.165) is 4.57 Å². The molecule has 0 amide bonds. The van der Waals surface area contributed by atoms with Gasteiger partial charge in [-0.05, 0) is 18.4 Å². The van der Waals surface area contributed by atoms with Crippen LogP contribution in [0.5, 0.6) is 0 Å². The van der Waals surface area contributed by atoms with Crippen LogP contribution >= 0.6 is 11.8 Å². The number of hydrogen-bond donors (Lipinski definition) is 0. The lowest BCUT2D eigenvalue weighted by Crippen LogP contribution is -2.38. The van der Waals surface area contributed by atoms with Gasteiger partial charge < -0.3 is 4.57 Å². The van der Waals surface area contributed by atoms with Gasteiger partial charge in [0, 0.05) is 14.1 Å². The number of nitrogens with zero attached hydrogens (tertiary/aromatic N) is 4. The quantitative estimate of drug-likeness (QED) is 0.666. The molecule has 0 atom stereocenters. The summed E-state index contributed by atoms with van der Waals surface area (Å²) >= 11 is 1.43. The molecule has 0 unspecified atom stereocenters. The van der Waals surface area contributed by atoms with Gasteiger partial charge in [0.2, 0.25) is 0 Å². The summed E-state index contributed by atoms with van der Waals surface area (Å²) in [6, 6.07) is 9.20. The maximum atomic E-state index is 12.5. The van der Waals surface area contributed by atoms with Crippen molar-refractivity contribution in [3.05, 3.63) is 51.2 Å². The van der Waals surface area contributed by atoms with E-state index in [1.165, 1.54) is 23.4 Å². The Bertz CT molecular complexity index is 937. The van der Waals surface area contributed by atoms with Gasteiger partial charge in [-0.3, -0.25) is 9.36 Å². The fourth-order valence-electron chi connectivity index (χ4n) is 2.34. The van der Waals surface area contributed by atoms with Crippen molar-refractivity contribution >= 4 is 22.9 Å². The second kappa shape index (κ2) is 4.92. The van der Waals surface area contributed by atoms with Crippen molar-refractivity contribution in [2.24, 2.45) is 14.1 Å². The lowest BCUT2D eigenvalue weighted by molar-refractivity contribution is 0.741. The summed E-state index contributed by atoms with van der Waals surface area (Å²) in [5.41, 5.74) is 0.766. The van der Waals surface area contributed by atoms with E-state index in [2.05, 4.69) is 4.98 Å². The fraction of sp³-hybridized carbons (Fsp3) is 0.214. The number of benzene rings is 1. The van der Waals surface area contributed by atoms with Crippen LogP contribution in [0.2, 0.25) is 0 Å². The molecule has 0 aliphatic carbocycles. The Hall–Kier alpha value is -2.28. The highest BCUT2D eigenvalue weighted by molar-refractivity contribution is 7.98. The molecule has 2 aromatic heterocycles. The topological polar surface area (TPSA) is 61.8 Å². The number of thioether (sulfide) groups is 1. The lowest BCUT2D eigenvalue weighted by Gasteiger charge is -2.08. The second-order valence-electron chi connectivity index (χ2n) is 4.65. The Morgan fingerprint density at radius 1 is 1.05 bits per heavy atom. The smallest absolute Gasteiger partial charge is 0.316 e. The first-order valence-electron chi connectivity index (χ1n) is 6.34. The largest absolute Gasteiger partial charge is 0.337 e. The predicted molar refractivity (Wildman–Crippen MR) is 83.3 cm³/mol. The summed E-state index contributed by atoms with van der Waals surface area (Å²) in [6.07, 6.45) is 1.89. The SMILES string of the molecule is CSc1nc2c(c(=O)n(C)c(=O)n2-c2ccccc2)n1C. The third-order valence-electron chi connectivity index (χ3n) is 3.43. The van der Waals surface area contributed by atoms with Gasteiger partial charge in [0.25, 0.3) is 5.56 Å². The van der Waals surface area contributed by atoms with Crippen LogP contribution in [0.15, 0.2) is 45.1 Å². The number of fused-ring (bicyclic) bond motifs is 1. The van der Waals surface area contributed by atoms with Crippen molar-refractivity contribution in [2.45, 2.75) is 5.16 Å². The highest BCUT2D eigenvalue weighted by Gasteiger charge is 2.18. The van der Waals surface area contributed by atoms with E-state index in [1.54, 1.807) is 11.6 Å². The van der Waals surface area contributed by atoms with E-state index < -0.39 is 5.69 Å². The number of rotatable bonds is 2. The van der Waals surface area contributed by atoms with Gasteiger partial charge in [-0.25, -0.2) is 14.3 Å². The minimum Gasteiger partial charge on any atom is -0.316 e. The van der Waals surface area contributed by atoms with Crippen molar-refractivity contribution in [2.75, 3.05) is 6.26 Å². The number of aromatic nitrogens is 4. The molecular formula is C14H14N4O2S. The first-order valence-corrected chi connectivity index (χ1v) is 7.56. The summed E-state index contributed by atoms with van der Waals surface area (Å²) < 4.78 is 4.30. The van der Waals surface area contributed by atoms with Crippen molar-refractivity contribution in [3.63, 3.8) is 0 Å². The molecule has 0 spiro atoms. The van der Waals surface area contributed by atoms with Crippen molar-refractivity contribution < 1.29 is 0 Å². The Kier molecular flexibility index (Phi) is 3.21. The zero-order valence-electron chi connectivity index (χ0n) is 11.9. The normalized spacial score (nSPS) is 11.2. The Morgan fingerprint density at radius 3 is 2.33 bits per heavy atom. The van der Waals surface area contributed by atoms with Gasteiger partial charge in [0.15, 0.2) is 16.3 Å². The predicted octanol–water partition coefficient (Wildman–Crippen LogP) is 1.14. The Labute approximate surface area is 124 Å². The van der Waals surface area contributed by atoms with E-state index in [1.807, 2.05) is 36.6 Å². The van der Waals surface area contributed by atoms with E-state index in [-0.39, 0.29) is 5.56 Å². The fourth-order valence-corrected chi connectivity index (χ4v) is 2.88. The first-order chi connectivity index (χ1) is 10.1. The maximum absolute atomic E-state index is 12.5. The van der Waals surface area contributed by atoms with Crippen LogP contribution < -0.4 is 11.2 Å². The van der Waals surface area contributed by atoms with Gasteiger partial charge in [0.1, 0.15) is 0 Å². The molecule has 7 heteroatoms. The molecule has 6 nitrogen and oxygen atoms in total. The molecule has 1 aromatic carbocycles. The van der Waals surface area contributed by atoms with Crippen molar-refractivity contribution in [1.82, 2.24) is 18.7 Å². The summed E-state index contributed by atoms with van der Waals surface area (Å²) in [5.74, 6) is 0. The van der Waals surface area contributed by atoms with E-state index >= 15 is 0 Å². The molecule has 108 valence electrons. The first kappa shape index (κ1) is 13.7. The van der Waals surface area contributed by atoms with Crippen LogP contribution in [-0.2, 0) is 14.1 Å². The molecule has 0 fully saturated rings. The highest BCUT2D eigenvalue weighted by Crippen LogP contribution is 2.19. The second-order valence-corrected chi connectivity index (χ2v) is 5.42. The molecule has 3 aromatic rings. The molecule has 0 saturated heterocycles. The monoisotopic (exact) mass is 302 g/mol. The summed E-state index contributed by atoms with van der Waals surface area (Å²) in [4.78, 5) is 29.3. The van der Waals surface area contributed by atoms with Gasteiger partial charge in [-0.1, -0.05) is 30.0 Å². The van der Waals surface area contributed by atoms with Crippen LogP contribution in [0.1, 0.15) is 0 Å². The van der Waals surface area contributed by atoms with E-state index in [9.17, 15) is 9.59 Å². The average molecular weight is 302 g/mol. The molecule has 0 aliphatic rings. The minimum absolute atomic E-state index is 0.336. The molecule has 0 saturated carbocycles. The molecule has 21 heavy (non-hydrogen) atoms. The van der Waals surface area contributed by atoms with Gasteiger partial charge in [0.05, 0.1) is 5.69 Å². The van der Waals surface area contributed by atoms with Crippen molar-refractivity contribution in [3.8, 4) is 5.69 Å². The third-order valence-corrected chi connectivity index (χ3v) is 4.16. The zero-order chi connectivity index (χ0) is 15.1. The van der Waals surface area contributed by atoms with Crippen LogP contribution in [0.25, 0.3) is 16.9 Å². The highest BCUT2D eigenvalue weighted by atomic mass is 32.2. The minimum atomic E-state index is -0.399. The van der Waals surface area contributed by atoms with Crippen LogP contribution in [0.3, 0.4) is 0 Å². The van der Waals surface area contributed by atoms with Gasteiger partial charge >= 0.3 is 5.69 Å². The number of aryl methyl sites for hydroxylation is 1. The molecular weight excluding hydrogens is 288 g/mol. The van der Waals surface area contributed by atoms with Gasteiger partial charge in [-0.2, -0.15) is 0 Å². The summed E-state index contributed by atoms with van der Waals surface area (Å²) in [5, 5.41) is 0.692. The van der Waals surface area contributed by atoms with Crippen molar-refractivity contribution in [1.29, 1.82) is 0 Å². The molecule has 0 aliphatic heterocycles. The standard InChI is InChI=1S/C14H14N4O2S/c1-16-10-11(15-13(16)21-3)18(9-7-5-4-6-8-9)14(20)17(2)12(10)19/h4-8H,1-3H3. The van der Waals surface area contributed by atoms with E-state index in [0.29, 0.717) is 22.0 Å². The Morgan fingerprint density at radius 2 is 1.71 bits per heavy atom. The molecule has 2 heterocycles. The Balaban J connectivity index is 2.56. The maximum Gasteiger partial charge on any atom is 0.337 e. The van der Waals surface area contributed by atoms with Gasteiger partial charge in [-0.15, -0.1) is 0 Å². The number of hydrogen-bond acceptors (Lipinski definition) is 4. The summed E-state index contributed by atoms with van der Waals surface area (Å²) in [7, 11) is 3.26.